The maximum Gasteiger partial charge on any atom is 0.223 e. The first-order valence-electron chi connectivity index (χ1n) is 10.8. The summed E-state index contributed by atoms with van der Waals surface area (Å²) in [6.45, 7) is 0.926. The van der Waals surface area contributed by atoms with Crippen LogP contribution in [-0.2, 0) is 33.0 Å². The molecule has 3 aromatic rings. The summed E-state index contributed by atoms with van der Waals surface area (Å²) >= 11 is 0. The molecule has 9 heteroatoms. The molecule has 3 atom stereocenters. The van der Waals surface area contributed by atoms with Crippen LogP contribution in [0.5, 0.6) is 0 Å². The molecule has 32 heavy (non-hydrogen) atoms. The second kappa shape index (κ2) is 8.31. The highest BCUT2D eigenvalue weighted by molar-refractivity contribution is 7.91. The first kappa shape index (κ1) is 21.1. The average molecular weight is 455 g/mol. The molecule has 2 fully saturated rings. The fourth-order valence-electron chi connectivity index (χ4n) is 4.68. The maximum atomic E-state index is 13.2. The molecule has 1 aromatic heterocycles. The number of hydrogen-bond donors (Lipinski definition) is 2. The smallest absolute Gasteiger partial charge is 0.223 e. The molecule has 3 unspecified atom stereocenters. The van der Waals surface area contributed by atoms with Gasteiger partial charge in [-0.1, -0.05) is 18.2 Å². The molecule has 0 spiro atoms. The Hall–Kier alpha value is -2.75. The van der Waals surface area contributed by atoms with E-state index in [0.29, 0.717) is 24.7 Å². The van der Waals surface area contributed by atoms with Gasteiger partial charge in [0.25, 0.3) is 0 Å². The second-order valence-electron chi connectivity index (χ2n) is 8.49. The minimum absolute atomic E-state index is 0.0268. The third-order valence-corrected chi connectivity index (χ3v) is 8.37. The Morgan fingerprint density at radius 3 is 2.84 bits per heavy atom. The molecule has 2 N–H and O–H groups in total. The molecule has 1 saturated heterocycles. The van der Waals surface area contributed by atoms with Crippen molar-refractivity contribution in [3.05, 3.63) is 54.2 Å². The minimum Gasteiger partial charge on any atom is -0.361 e. The minimum atomic E-state index is -3.69. The first-order valence-corrected chi connectivity index (χ1v) is 12.3. The molecule has 168 valence electrons. The fraction of sp³-hybridized carbons (Fsp3) is 0.391. The maximum absolute atomic E-state index is 13.2. The van der Waals surface area contributed by atoms with Gasteiger partial charge in [0.15, 0.2) is 0 Å². The van der Waals surface area contributed by atoms with Gasteiger partial charge in [-0.2, -0.15) is 5.10 Å². The van der Waals surface area contributed by atoms with E-state index in [-0.39, 0.29) is 27.7 Å². The van der Waals surface area contributed by atoms with Crippen LogP contribution in [0.15, 0.2) is 58.5 Å². The topological polar surface area (TPSA) is 102 Å². The Labute approximate surface area is 186 Å². The zero-order valence-electron chi connectivity index (χ0n) is 17.8. The summed E-state index contributed by atoms with van der Waals surface area (Å²) in [6, 6.07) is 12.2. The van der Waals surface area contributed by atoms with E-state index in [2.05, 4.69) is 15.7 Å². The van der Waals surface area contributed by atoms with Crippen LogP contribution < -0.4 is 10.6 Å². The summed E-state index contributed by atoms with van der Waals surface area (Å²) in [5.74, 6) is -0.0188. The van der Waals surface area contributed by atoms with E-state index in [9.17, 15) is 13.2 Å². The Morgan fingerprint density at radius 1 is 1.22 bits per heavy atom. The molecule has 5 rings (SSSR count). The predicted molar refractivity (Wildman–Crippen MR) is 118 cm³/mol. The van der Waals surface area contributed by atoms with Gasteiger partial charge in [0.2, 0.25) is 15.7 Å². The monoisotopic (exact) mass is 454 g/mol. The number of amides is 1. The van der Waals surface area contributed by atoms with Gasteiger partial charge in [-0.05, 0) is 49.1 Å². The van der Waals surface area contributed by atoms with E-state index in [4.69, 9.17) is 4.74 Å². The third-order valence-electron chi connectivity index (χ3n) is 6.55. The van der Waals surface area contributed by atoms with Crippen molar-refractivity contribution in [1.82, 2.24) is 20.4 Å². The van der Waals surface area contributed by atoms with E-state index < -0.39 is 9.84 Å². The number of carbonyl (C=O) groups is 1. The number of aromatic nitrogens is 2. The van der Waals surface area contributed by atoms with Crippen LogP contribution in [0.3, 0.4) is 0 Å². The summed E-state index contributed by atoms with van der Waals surface area (Å²) in [6.07, 6.45) is 4.22. The molecule has 2 aromatic carbocycles. The molecule has 2 aliphatic rings. The molecular weight excluding hydrogens is 428 g/mol. The number of nitrogens with zero attached hydrogens (tertiary/aromatic N) is 2. The number of hydrogen-bond acceptors (Lipinski definition) is 6. The second-order valence-corrected chi connectivity index (χ2v) is 10.4. The number of fused-ring (bicyclic) bond motifs is 2. The SMILES string of the molecule is Cn1ncc2c(S(=O)(=O)c3ccc(CNC(=O)C4CCC5NCOC5C4)cc3)cccc21. The van der Waals surface area contributed by atoms with Crippen LogP contribution in [0.25, 0.3) is 10.9 Å². The van der Waals surface area contributed by atoms with Gasteiger partial charge in [0, 0.05) is 30.9 Å². The lowest BCUT2D eigenvalue weighted by molar-refractivity contribution is -0.127. The summed E-state index contributed by atoms with van der Waals surface area (Å²) in [5, 5.41) is 11.1. The van der Waals surface area contributed by atoms with E-state index >= 15 is 0 Å². The number of aryl methyl sites for hydroxylation is 1. The normalized spacial score (nSPS) is 23.2. The van der Waals surface area contributed by atoms with Crippen LogP contribution in [0, 0.1) is 5.92 Å². The lowest BCUT2D eigenvalue weighted by Gasteiger charge is -2.29. The quantitative estimate of drug-likeness (QED) is 0.612. The molecule has 1 amide bonds. The molecule has 0 bridgehead atoms. The Kier molecular flexibility index (Phi) is 5.48. The largest absolute Gasteiger partial charge is 0.361 e. The van der Waals surface area contributed by atoms with Crippen molar-refractivity contribution in [2.75, 3.05) is 6.73 Å². The Bertz CT molecular complexity index is 1250. The number of ether oxygens (including phenoxy) is 1. The molecule has 0 radical (unpaired) electrons. The van der Waals surface area contributed by atoms with Gasteiger partial charge in [-0.25, -0.2) is 8.42 Å². The number of nitrogens with one attached hydrogen (secondary N) is 2. The lowest BCUT2D eigenvalue weighted by atomic mass is 9.84. The average Bonchev–Trinajstić information content (AvgIpc) is 3.43. The van der Waals surface area contributed by atoms with Gasteiger partial charge in [-0.15, -0.1) is 0 Å². The molecule has 1 aliphatic heterocycles. The molecule has 1 aliphatic carbocycles. The molecular formula is C23H26N4O4S. The standard InChI is InChI=1S/C23H26N4O4S/c1-27-20-3-2-4-22(18(20)13-26-27)32(29,30)17-8-5-15(6-9-17)12-24-23(28)16-7-10-19-21(11-16)31-14-25-19/h2-6,8-9,13,16,19,21,25H,7,10-12,14H2,1H3,(H,24,28). The van der Waals surface area contributed by atoms with E-state index in [1.165, 1.54) is 0 Å². The van der Waals surface area contributed by atoms with Gasteiger partial charge in [0.1, 0.15) is 0 Å². The highest BCUT2D eigenvalue weighted by Gasteiger charge is 2.37. The van der Waals surface area contributed by atoms with Gasteiger partial charge >= 0.3 is 0 Å². The van der Waals surface area contributed by atoms with Crippen LogP contribution >= 0.6 is 0 Å². The Balaban J connectivity index is 1.26. The Morgan fingerprint density at radius 2 is 2.03 bits per heavy atom. The van der Waals surface area contributed by atoms with Crippen molar-refractivity contribution in [1.29, 1.82) is 0 Å². The third kappa shape index (κ3) is 3.80. The summed E-state index contributed by atoms with van der Waals surface area (Å²) in [7, 11) is -1.90. The van der Waals surface area contributed by atoms with Crippen LogP contribution in [0.2, 0.25) is 0 Å². The highest BCUT2D eigenvalue weighted by atomic mass is 32.2. The summed E-state index contributed by atoms with van der Waals surface area (Å²) in [5.41, 5.74) is 1.61. The number of carbonyl (C=O) groups excluding carboxylic acids is 1. The van der Waals surface area contributed by atoms with Crippen molar-refractivity contribution in [3.63, 3.8) is 0 Å². The van der Waals surface area contributed by atoms with Gasteiger partial charge in [0.05, 0.1) is 34.3 Å². The zero-order chi connectivity index (χ0) is 22.3. The molecule has 2 heterocycles. The predicted octanol–water partition coefficient (Wildman–Crippen LogP) is 2.14. The van der Waals surface area contributed by atoms with Crippen LogP contribution in [0.1, 0.15) is 24.8 Å². The van der Waals surface area contributed by atoms with Crippen molar-refractivity contribution < 1.29 is 17.9 Å². The van der Waals surface area contributed by atoms with Crippen molar-refractivity contribution in [2.24, 2.45) is 13.0 Å². The van der Waals surface area contributed by atoms with E-state index in [1.807, 2.05) is 6.07 Å². The fourth-order valence-corrected chi connectivity index (χ4v) is 6.13. The lowest BCUT2D eigenvalue weighted by Crippen LogP contribution is -2.41. The van der Waals surface area contributed by atoms with Crippen LogP contribution in [-0.4, -0.2) is 43.0 Å². The van der Waals surface area contributed by atoms with Gasteiger partial charge in [-0.3, -0.25) is 14.8 Å². The van der Waals surface area contributed by atoms with Crippen molar-refractivity contribution in [3.8, 4) is 0 Å². The van der Waals surface area contributed by atoms with Gasteiger partial charge < -0.3 is 10.1 Å². The number of rotatable bonds is 5. The van der Waals surface area contributed by atoms with Crippen LogP contribution in [0.4, 0.5) is 0 Å². The number of sulfone groups is 1. The van der Waals surface area contributed by atoms with Crippen molar-refractivity contribution >= 4 is 26.6 Å². The molecule has 1 saturated carbocycles. The van der Waals surface area contributed by atoms with E-state index in [0.717, 1.165) is 30.3 Å². The summed E-state index contributed by atoms with van der Waals surface area (Å²) < 4.78 is 33.7. The number of benzene rings is 2. The summed E-state index contributed by atoms with van der Waals surface area (Å²) in [4.78, 5) is 13.1. The first-order chi connectivity index (χ1) is 15.4. The zero-order valence-corrected chi connectivity index (χ0v) is 18.6. The highest BCUT2D eigenvalue weighted by Crippen LogP contribution is 2.30. The van der Waals surface area contributed by atoms with Crippen molar-refractivity contribution in [2.45, 2.75) is 47.7 Å². The van der Waals surface area contributed by atoms with E-state index in [1.54, 1.807) is 54.3 Å². The molecule has 8 nitrogen and oxygen atoms in total.